The van der Waals surface area contributed by atoms with Crippen molar-refractivity contribution in [2.24, 2.45) is 0 Å². The molecule has 3 rings (SSSR count). The van der Waals surface area contributed by atoms with Crippen LogP contribution in [0.4, 0.5) is 0 Å². The number of likely N-dealkylation sites (N-methyl/N-ethyl adjacent to an activating group) is 1. The molecule has 0 radical (unpaired) electrons. The molecule has 25 heavy (non-hydrogen) atoms. The minimum absolute atomic E-state index is 0.364. The van der Waals surface area contributed by atoms with Crippen molar-refractivity contribution in [1.82, 2.24) is 18.8 Å². The third-order valence-electron chi connectivity index (χ3n) is 4.01. The number of pyridine rings is 1. The second-order valence-corrected chi connectivity index (χ2v) is 7.89. The van der Waals surface area contributed by atoms with Crippen LogP contribution in [-0.2, 0) is 16.6 Å². The number of hydrogen-bond donors (Lipinski definition) is 0. The standard InChI is InChI=1S/C18H20N4O2S/c1-21(25(2,23)24)12-13-22-14-20-17(15-8-4-3-5-9-15)18(22)16-10-6-7-11-19-16/h3-11,14H,12-13H2,1-2H3. The van der Waals surface area contributed by atoms with Crippen LogP contribution in [0.2, 0.25) is 0 Å². The predicted octanol–water partition coefficient (Wildman–Crippen LogP) is 2.50. The molecule has 3 aromatic rings. The maximum absolute atomic E-state index is 11.6. The summed E-state index contributed by atoms with van der Waals surface area (Å²) in [4.78, 5) is 9.01. The molecule has 0 fully saturated rings. The van der Waals surface area contributed by atoms with E-state index in [2.05, 4.69) is 9.97 Å². The third kappa shape index (κ3) is 3.94. The van der Waals surface area contributed by atoms with Gasteiger partial charge in [-0.05, 0) is 12.1 Å². The number of aromatic nitrogens is 3. The Kier molecular flexibility index (Phi) is 4.96. The van der Waals surface area contributed by atoms with Crippen molar-refractivity contribution in [3.8, 4) is 22.6 Å². The van der Waals surface area contributed by atoms with Crippen LogP contribution < -0.4 is 0 Å². The molecule has 0 amide bonds. The molecule has 0 saturated heterocycles. The van der Waals surface area contributed by atoms with Crippen LogP contribution in [0.3, 0.4) is 0 Å². The maximum Gasteiger partial charge on any atom is 0.211 e. The topological polar surface area (TPSA) is 68.1 Å². The molecule has 0 spiro atoms. The van der Waals surface area contributed by atoms with Crippen LogP contribution in [0.5, 0.6) is 0 Å². The fraction of sp³-hybridized carbons (Fsp3) is 0.222. The Morgan fingerprint density at radius 2 is 1.76 bits per heavy atom. The highest BCUT2D eigenvalue weighted by molar-refractivity contribution is 7.88. The summed E-state index contributed by atoms with van der Waals surface area (Å²) in [6.45, 7) is 0.860. The number of nitrogens with zero attached hydrogens (tertiary/aromatic N) is 4. The van der Waals surface area contributed by atoms with Gasteiger partial charge < -0.3 is 4.57 Å². The zero-order chi connectivity index (χ0) is 17.9. The molecule has 7 heteroatoms. The van der Waals surface area contributed by atoms with Gasteiger partial charge in [-0.3, -0.25) is 4.98 Å². The van der Waals surface area contributed by atoms with Crippen LogP contribution in [0.15, 0.2) is 61.1 Å². The first-order chi connectivity index (χ1) is 12.0. The maximum atomic E-state index is 11.6. The van der Waals surface area contributed by atoms with Crippen LogP contribution in [0, 0.1) is 0 Å². The summed E-state index contributed by atoms with van der Waals surface area (Å²) in [5.41, 5.74) is 3.52. The molecule has 2 heterocycles. The van der Waals surface area contributed by atoms with E-state index in [-0.39, 0.29) is 0 Å². The number of imidazole rings is 1. The molecule has 0 aliphatic carbocycles. The van der Waals surface area contributed by atoms with Gasteiger partial charge in [-0.25, -0.2) is 17.7 Å². The summed E-state index contributed by atoms with van der Waals surface area (Å²) < 4.78 is 26.5. The molecule has 0 N–H and O–H groups in total. The fourth-order valence-corrected chi connectivity index (χ4v) is 2.96. The quantitative estimate of drug-likeness (QED) is 0.680. The second kappa shape index (κ2) is 7.16. The molecular formula is C18H20N4O2S. The van der Waals surface area contributed by atoms with E-state index in [1.54, 1.807) is 19.6 Å². The molecule has 0 saturated carbocycles. The molecule has 130 valence electrons. The lowest BCUT2D eigenvalue weighted by molar-refractivity contribution is 0.450. The first kappa shape index (κ1) is 17.3. The molecule has 6 nitrogen and oxygen atoms in total. The van der Waals surface area contributed by atoms with Gasteiger partial charge >= 0.3 is 0 Å². The van der Waals surface area contributed by atoms with Crippen molar-refractivity contribution < 1.29 is 8.42 Å². The Balaban J connectivity index is 2.00. The van der Waals surface area contributed by atoms with Gasteiger partial charge in [-0.2, -0.15) is 0 Å². The average molecular weight is 356 g/mol. The lowest BCUT2D eigenvalue weighted by Gasteiger charge is -2.16. The van der Waals surface area contributed by atoms with Gasteiger partial charge in [0.05, 0.1) is 29.7 Å². The van der Waals surface area contributed by atoms with E-state index in [1.807, 2.05) is 53.1 Å². The Bertz CT molecular complexity index is 938. The molecule has 0 aliphatic rings. The number of benzene rings is 1. The Labute approximate surface area is 147 Å². The van der Waals surface area contributed by atoms with Gasteiger partial charge in [0.2, 0.25) is 10.0 Å². The normalized spacial score (nSPS) is 11.8. The molecule has 2 aromatic heterocycles. The largest absolute Gasteiger partial charge is 0.327 e. The zero-order valence-electron chi connectivity index (χ0n) is 14.2. The van der Waals surface area contributed by atoms with Crippen LogP contribution in [0.1, 0.15) is 0 Å². The molecular weight excluding hydrogens is 336 g/mol. The highest BCUT2D eigenvalue weighted by Gasteiger charge is 2.17. The Morgan fingerprint density at radius 1 is 1.04 bits per heavy atom. The lowest BCUT2D eigenvalue weighted by Crippen LogP contribution is -2.29. The van der Waals surface area contributed by atoms with Gasteiger partial charge in [0.25, 0.3) is 0 Å². The monoisotopic (exact) mass is 356 g/mol. The van der Waals surface area contributed by atoms with Gasteiger partial charge in [0.15, 0.2) is 0 Å². The first-order valence-corrected chi connectivity index (χ1v) is 9.75. The van der Waals surface area contributed by atoms with Gasteiger partial charge in [-0.1, -0.05) is 36.4 Å². The summed E-state index contributed by atoms with van der Waals surface area (Å²) >= 11 is 0. The van der Waals surface area contributed by atoms with E-state index < -0.39 is 10.0 Å². The molecule has 1 aromatic carbocycles. The minimum atomic E-state index is -3.21. The smallest absolute Gasteiger partial charge is 0.211 e. The zero-order valence-corrected chi connectivity index (χ0v) is 15.0. The van der Waals surface area contributed by atoms with E-state index in [1.165, 1.54) is 10.6 Å². The molecule has 0 atom stereocenters. The van der Waals surface area contributed by atoms with Crippen LogP contribution >= 0.6 is 0 Å². The van der Waals surface area contributed by atoms with Crippen molar-refractivity contribution in [2.75, 3.05) is 19.8 Å². The number of hydrogen-bond acceptors (Lipinski definition) is 4. The fourth-order valence-electron chi connectivity index (χ4n) is 2.54. The number of sulfonamides is 1. The first-order valence-electron chi connectivity index (χ1n) is 7.90. The van der Waals surface area contributed by atoms with E-state index in [9.17, 15) is 8.42 Å². The predicted molar refractivity (Wildman–Crippen MR) is 98.4 cm³/mol. The van der Waals surface area contributed by atoms with E-state index >= 15 is 0 Å². The van der Waals surface area contributed by atoms with E-state index in [0.717, 1.165) is 22.6 Å². The summed E-state index contributed by atoms with van der Waals surface area (Å²) in [6.07, 6.45) is 4.68. The summed E-state index contributed by atoms with van der Waals surface area (Å²) in [5.74, 6) is 0. The molecule has 0 aliphatic heterocycles. The SMILES string of the molecule is CN(CCn1cnc(-c2ccccc2)c1-c1ccccn1)S(C)(=O)=O. The Morgan fingerprint density at radius 3 is 2.40 bits per heavy atom. The number of rotatable bonds is 6. The Hall–Kier alpha value is -2.51. The highest BCUT2D eigenvalue weighted by atomic mass is 32.2. The van der Waals surface area contributed by atoms with Crippen molar-refractivity contribution >= 4 is 10.0 Å². The summed E-state index contributed by atoms with van der Waals surface area (Å²) in [5, 5.41) is 0. The van der Waals surface area contributed by atoms with E-state index in [0.29, 0.717) is 13.1 Å². The van der Waals surface area contributed by atoms with Crippen molar-refractivity contribution in [3.63, 3.8) is 0 Å². The van der Waals surface area contributed by atoms with E-state index in [4.69, 9.17) is 0 Å². The van der Waals surface area contributed by atoms with Gasteiger partial charge in [0.1, 0.15) is 0 Å². The van der Waals surface area contributed by atoms with Crippen molar-refractivity contribution in [1.29, 1.82) is 0 Å². The lowest BCUT2D eigenvalue weighted by atomic mass is 10.1. The van der Waals surface area contributed by atoms with Crippen LogP contribution in [0.25, 0.3) is 22.6 Å². The van der Waals surface area contributed by atoms with Gasteiger partial charge in [0, 0.05) is 31.9 Å². The summed E-state index contributed by atoms with van der Waals surface area (Å²) in [7, 11) is -1.64. The molecule has 0 unspecified atom stereocenters. The highest BCUT2D eigenvalue weighted by Crippen LogP contribution is 2.29. The average Bonchev–Trinajstić information content (AvgIpc) is 3.04. The second-order valence-electron chi connectivity index (χ2n) is 5.80. The van der Waals surface area contributed by atoms with Crippen molar-refractivity contribution in [2.45, 2.75) is 6.54 Å². The van der Waals surface area contributed by atoms with Gasteiger partial charge in [-0.15, -0.1) is 0 Å². The van der Waals surface area contributed by atoms with Crippen LogP contribution in [-0.4, -0.2) is 47.1 Å². The third-order valence-corrected chi connectivity index (χ3v) is 5.33. The minimum Gasteiger partial charge on any atom is -0.327 e. The molecule has 0 bridgehead atoms. The van der Waals surface area contributed by atoms with Crippen molar-refractivity contribution in [3.05, 3.63) is 61.1 Å². The summed E-state index contributed by atoms with van der Waals surface area (Å²) in [6, 6.07) is 15.6.